The van der Waals surface area contributed by atoms with Gasteiger partial charge < -0.3 is 24.3 Å². The lowest BCUT2D eigenvalue weighted by Gasteiger charge is -2.12. The van der Waals surface area contributed by atoms with Crippen LogP contribution < -0.4 is 35.1 Å². The van der Waals surface area contributed by atoms with Gasteiger partial charge in [0, 0.05) is 11.1 Å². The second-order valence-corrected chi connectivity index (χ2v) is 6.05. The fraction of sp³-hybridized carbons (Fsp3) is 0.286. The molecule has 2 aromatic carbocycles. The van der Waals surface area contributed by atoms with Crippen LogP contribution in [0, 0.1) is 0 Å². The highest BCUT2D eigenvalue weighted by molar-refractivity contribution is 5.98. The minimum Gasteiger partial charge on any atom is -0.493 e. The third-order valence-electron chi connectivity index (χ3n) is 4.10. The van der Waals surface area contributed by atoms with Gasteiger partial charge in [-0.2, -0.15) is 0 Å². The van der Waals surface area contributed by atoms with E-state index in [1.165, 1.54) is 45.6 Å². The normalized spacial score (nSPS) is 9.94. The molecular formula is C21H25N3O7. The second-order valence-electron chi connectivity index (χ2n) is 6.05. The van der Waals surface area contributed by atoms with Crippen molar-refractivity contribution in [2.45, 2.75) is 6.92 Å². The molecule has 2 aromatic rings. The molecule has 0 unspecified atom stereocenters. The second kappa shape index (κ2) is 11.3. The molecule has 0 fully saturated rings. The predicted molar refractivity (Wildman–Crippen MR) is 112 cm³/mol. The maximum atomic E-state index is 12.2. The summed E-state index contributed by atoms with van der Waals surface area (Å²) in [6.45, 7) is 1.94. The standard InChI is InChI=1S/C21H25N3O7/c1-5-31-16-9-7-14(11-18(16)30-4)21(27)24-23-19(25)12-22-20(26)13-6-8-15(28-2)17(10-13)29-3/h6-11H,5,12H2,1-4H3,(H,22,26)(H,23,25)(H,24,27). The summed E-state index contributed by atoms with van der Waals surface area (Å²) in [7, 11) is 4.40. The molecule has 10 heteroatoms. The lowest BCUT2D eigenvalue weighted by atomic mass is 10.2. The molecule has 0 radical (unpaired) electrons. The van der Waals surface area contributed by atoms with Gasteiger partial charge in [0.25, 0.3) is 17.7 Å². The Bertz CT molecular complexity index is 947. The Morgan fingerprint density at radius 3 is 1.87 bits per heavy atom. The highest BCUT2D eigenvalue weighted by atomic mass is 16.5. The number of hydrogen-bond donors (Lipinski definition) is 3. The summed E-state index contributed by atoms with van der Waals surface area (Å²) in [5, 5.41) is 2.46. The van der Waals surface area contributed by atoms with E-state index in [2.05, 4.69) is 16.2 Å². The van der Waals surface area contributed by atoms with Crippen molar-refractivity contribution in [3.8, 4) is 23.0 Å². The molecule has 0 spiro atoms. The first-order chi connectivity index (χ1) is 14.9. The van der Waals surface area contributed by atoms with Crippen LogP contribution in [0.15, 0.2) is 36.4 Å². The molecule has 0 aliphatic rings. The Kier molecular flexibility index (Phi) is 8.50. The Morgan fingerprint density at radius 1 is 0.742 bits per heavy atom. The SMILES string of the molecule is CCOc1ccc(C(=O)NNC(=O)CNC(=O)c2ccc(OC)c(OC)c2)cc1OC. The van der Waals surface area contributed by atoms with Crippen molar-refractivity contribution >= 4 is 17.7 Å². The van der Waals surface area contributed by atoms with Crippen LogP contribution in [-0.4, -0.2) is 52.2 Å². The van der Waals surface area contributed by atoms with Crippen LogP contribution in [0.2, 0.25) is 0 Å². The molecule has 3 amide bonds. The average Bonchev–Trinajstić information content (AvgIpc) is 2.80. The van der Waals surface area contributed by atoms with Gasteiger partial charge >= 0.3 is 0 Å². The summed E-state index contributed by atoms with van der Waals surface area (Å²) in [5.74, 6) is 0.106. The number of hydrazine groups is 1. The molecule has 0 aliphatic carbocycles. The minimum atomic E-state index is -0.611. The number of hydrogen-bond acceptors (Lipinski definition) is 7. The van der Waals surface area contributed by atoms with Crippen molar-refractivity contribution in [2.75, 3.05) is 34.5 Å². The molecule has 10 nitrogen and oxygen atoms in total. The molecule has 0 bridgehead atoms. The van der Waals surface area contributed by atoms with Gasteiger partial charge in [0.15, 0.2) is 23.0 Å². The smallest absolute Gasteiger partial charge is 0.269 e. The number of carbonyl (C=O) groups is 3. The molecule has 0 aliphatic heterocycles. The molecule has 0 atom stereocenters. The predicted octanol–water partition coefficient (Wildman–Crippen LogP) is 1.30. The van der Waals surface area contributed by atoms with Crippen LogP contribution in [0.25, 0.3) is 0 Å². The Labute approximate surface area is 179 Å². The van der Waals surface area contributed by atoms with E-state index < -0.39 is 17.7 Å². The lowest BCUT2D eigenvalue weighted by Crippen LogP contribution is -2.46. The number of benzene rings is 2. The zero-order chi connectivity index (χ0) is 22.8. The number of carbonyl (C=O) groups excluding carboxylic acids is 3. The molecule has 0 saturated heterocycles. The van der Waals surface area contributed by atoms with Crippen molar-refractivity contribution in [3.63, 3.8) is 0 Å². The summed E-state index contributed by atoms with van der Waals surface area (Å²) < 4.78 is 20.9. The Balaban J connectivity index is 1.88. The van der Waals surface area contributed by atoms with Crippen LogP contribution in [0.1, 0.15) is 27.6 Å². The fourth-order valence-electron chi connectivity index (χ4n) is 2.57. The van der Waals surface area contributed by atoms with Gasteiger partial charge in [-0.3, -0.25) is 25.2 Å². The van der Waals surface area contributed by atoms with E-state index in [1.54, 1.807) is 12.1 Å². The highest BCUT2D eigenvalue weighted by Crippen LogP contribution is 2.28. The summed E-state index contributed by atoms with van der Waals surface area (Å²) >= 11 is 0. The number of amides is 3. The topological polar surface area (TPSA) is 124 Å². The molecular weight excluding hydrogens is 406 g/mol. The molecule has 2 rings (SSSR count). The summed E-state index contributed by atoms with van der Waals surface area (Å²) in [4.78, 5) is 36.4. The van der Waals surface area contributed by atoms with Gasteiger partial charge in [-0.1, -0.05) is 0 Å². The van der Waals surface area contributed by atoms with Gasteiger partial charge in [0.1, 0.15) is 0 Å². The first kappa shape index (κ1) is 23.3. The average molecular weight is 431 g/mol. The zero-order valence-corrected chi connectivity index (χ0v) is 17.7. The lowest BCUT2D eigenvalue weighted by molar-refractivity contribution is -0.120. The van der Waals surface area contributed by atoms with Gasteiger partial charge in [0.05, 0.1) is 34.5 Å². The van der Waals surface area contributed by atoms with Gasteiger partial charge in [-0.05, 0) is 43.3 Å². The molecule has 3 N–H and O–H groups in total. The van der Waals surface area contributed by atoms with Crippen molar-refractivity contribution in [2.24, 2.45) is 0 Å². The largest absolute Gasteiger partial charge is 0.493 e. The van der Waals surface area contributed by atoms with Crippen LogP contribution in [0.5, 0.6) is 23.0 Å². The van der Waals surface area contributed by atoms with E-state index in [0.29, 0.717) is 29.6 Å². The monoisotopic (exact) mass is 431 g/mol. The van der Waals surface area contributed by atoms with E-state index in [1.807, 2.05) is 6.92 Å². The van der Waals surface area contributed by atoms with Gasteiger partial charge in [-0.25, -0.2) is 0 Å². The van der Waals surface area contributed by atoms with Gasteiger partial charge in [0.2, 0.25) is 0 Å². The molecule has 0 aromatic heterocycles. The number of ether oxygens (including phenoxy) is 4. The molecule has 166 valence electrons. The van der Waals surface area contributed by atoms with E-state index >= 15 is 0 Å². The van der Waals surface area contributed by atoms with E-state index in [-0.39, 0.29) is 17.7 Å². The zero-order valence-electron chi connectivity index (χ0n) is 17.7. The van der Waals surface area contributed by atoms with Crippen molar-refractivity contribution in [3.05, 3.63) is 47.5 Å². The van der Waals surface area contributed by atoms with Crippen molar-refractivity contribution in [1.82, 2.24) is 16.2 Å². The molecule has 31 heavy (non-hydrogen) atoms. The van der Waals surface area contributed by atoms with Crippen LogP contribution >= 0.6 is 0 Å². The fourth-order valence-corrected chi connectivity index (χ4v) is 2.57. The molecule has 0 heterocycles. The summed E-state index contributed by atoms with van der Waals surface area (Å²) in [5.41, 5.74) is 5.06. The summed E-state index contributed by atoms with van der Waals surface area (Å²) in [6, 6.07) is 9.24. The van der Waals surface area contributed by atoms with Gasteiger partial charge in [-0.15, -0.1) is 0 Å². The first-order valence-electron chi connectivity index (χ1n) is 9.33. The first-order valence-corrected chi connectivity index (χ1v) is 9.33. The highest BCUT2D eigenvalue weighted by Gasteiger charge is 2.14. The van der Waals surface area contributed by atoms with Crippen LogP contribution in [0.3, 0.4) is 0 Å². The van der Waals surface area contributed by atoms with Crippen LogP contribution in [-0.2, 0) is 4.79 Å². The maximum absolute atomic E-state index is 12.2. The third kappa shape index (κ3) is 6.26. The Hall–Kier alpha value is -3.95. The van der Waals surface area contributed by atoms with E-state index in [9.17, 15) is 14.4 Å². The van der Waals surface area contributed by atoms with Crippen LogP contribution in [0.4, 0.5) is 0 Å². The van der Waals surface area contributed by atoms with E-state index in [0.717, 1.165) is 0 Å². The maximum Gasteiger partial charge on any atom is 0.269 e. The summed E-state index contributed by atoms with van der Waals surface area (Å²) in [6.07, 6.45) is 0. The quantitative estimate of drug-likeness (QED) is 0.511. The molecule has 0 saturated carbocycles. The Morgan fingerprint density at radius 2 is 1.29 bits per heavy atom. The number of methoxy groups -OCH3 is 3. The third-order valence-corrected chi connectivity index (χ3v) is 4.10. The minimum absolute atomic E-state index is 0.259. The number of nitrogens with one attached hydrogen (secondary N) is 3. The van der Waals surface area contributed by atoms with E-state index in [4.69, 9.17) is 18.9 Å². The van der Waals surface area contributed by atoms with Crippen molar-refractivity contribution < 1.29 is 33.3 Å². The number of rotatable bonds is 9. The van der Waals surface area contributed by atoms with Crippen molar-refractivity contribution in [1.29, 1.82) is 0 Å².